The minimum atomic E-state index is -2.83. The van der Waals surface area contributed by atoms with Gasteiger partial charge >= 0.3 is 6.61 Å². The van der Waals surface area contributed by atoms with E-state index in [4.69, 9.17) is 0 Å². The van der Waals surface area contributed by atoms with Crippen LogP contribution in [-0.2, 0) is 6.42 Å². The van der Waals surface area contributed by atoms with E-state index in [-0.39, 0.29) is 10.6 Å². The van der Waals surface area contributed by atoms with Gasteiger partial charge in [-0.05, 0) is 24.6 Å². The summed E-state index contributed by atoms with van der Waals surface area (Å²) in [5, 5.41) is 0. The van der Waals surface area contributed by atoms with E-state index in [1.165, 1.54) is 0 Å². The van der Waals surface area contributed by atoms with Crippen molar-refractivity contribution in [2.45, 2.75) is 24.8 Å². The van der Waals surface area contributed by atoms with Crippen LogP contribution in [0.15, 0.2) is 42.6 Å². The molecule has 5 heteroatoms. The molecule has 2 rings (SSSR count). The summed E-state index contributed by atoms with van der Waals surface area (Å²) < 4.78 is 29.3. The molecule has 1 heterocycles. The van der Waals surface area contributed by atoms with Gasteiger partial charge in [-0.3, -0.25) is 4.98 Å². The van der Waals surface area contributed by atoms with Crippen LogP contribution in [0.3, 0.4) is 0 Å². The molecule has 0 aliphatic rings. The molecular formula is C15H14BrF2NO. The van der Waals surface area contributed by atoms with E-state index < -0.39 is 6.61 Å². The van der Waals surface area contributed by atoms with Gasteiger partial charge in [0, 0.05) is 28.7 Å². The van der Waals surface area contributed by atoms with Gasteiger partial charge in [0.15, 0.2) is 0 Å². The molecule has 1 aromatic heterocycles. The number of hydrogen-bond acceptors (Lipinski definition) is 2. The highest BCUT2D eigenvalue weighted by molar-refractivity contribution is 9.09. The number of para-hydroxylation sites is 1. The second kappa shape index (κ2) is 6.79. The van der Waals surface area contributed by atoms with Crippen molar-refractivity contribution in [3.8, 4) is 5.75 Å². The number of benzene rings is 1. The molecule has 1 atom stereocenters. The Bertz CT molecular complexity index is 560. The summed E-state index contributed by atoms with van der Waals surface area (Å²) >= 11 is 3.52. The van der Waals surface area contributed by atoms with Gasteiger partial charge in [0.05, 0.1) is 0 Å². The average molecular weight is 342 g/mol. The molecule has 0 fully saturated rings. The van der Waals surface area contributed by atoms with Crippen LogP contribution in [0, 0.1) is 6.92 Å². The second-order valence-electron chi connectivity index (χ2n) is 4.41. The van der Waals surface area contributed by atoms with Gasteiger partial charge in [0.1, 0.15) is 5.75 Å². The fraction of sp³-hybridized carbons (Fsp3) is 0.267. The Labute approximate surface area is 124 Å². The van der Waals surface area contributed by atoms with Crippen molar-refractivity contribution in [1.82, 2.24) is 4.98 Å². The molecule has 1 aromatic carbocycles. The summed E-state index contributed by atoms with van der Waals surface area (Å²) in [4.78, 5) is 4.18. The summed E-state index contributed by atoms with van der Waals surface area (Å²) in [6, 6.07) is 10.7. The second-order valence-corrected chi connectivity index (χ2v) is 5.52. The molecule has 0 aliphatic heterocycles. The highest BCUT2D eigenvalue weighted by Gasteiger charge is 2.16. The maximum absolute atomic E-state index is 12.4. The van der Waals surface area contributed by atoms with Gasteiger partial charge < -0.3 is 4.74 Å². The third kappa shape index (κ3) is 4.00. The molecular weight excluding hydrogens is 328 g/mol. The van der Waals surface area contributed by atoms with E-state index in [0.717, 1.165) is 11.3 Å². The van der Waals surface area contributed by atoms with Crippen molar-refractivity contribution in [1.29, 1.82) is 0 Å². The third-order valence-electron chi connectivity index (χ3n) is 2.83. The molecule has 0 amide bonds. The lowest BCUT2D eigenvalue weighted by Gasteiger charge is -2.15. The zero-order valence-corrected chi connectivity index (χ0v) is 12.5. The van der Waals surface area contributed by atoms with Crippen molar-refractivity contribution >= 4 is 15.9 Å². The SMILES string of the molecule is Cc1ccc(CC(Br)c2ccccc2OC(F)F)nc1. The third-order valence-corrected chi connectivity index (χ3v) is 3.65. The van der Waals surface area contributed by atoms with Crippen molar-refractivity contribution in [3.63, 3.8) is 0 Å². The summed E-state index contributed by atoms with van der Waals surface area (Å²) in [5.74, 6) is 0.191. The lowest BCUT2D eigenvalue weighted by Crippen LogP contribution is -2.06. The lowest BCUT2D eigenvalue weighted by atomic mass is 10.1. The first-order chi connectivity index (χ1) is 9.56. The maximum Gasteiger partial charge on any atom is 0.387 e. The number of alkyl halides is 3. The smallest absolute Gasteiger partial charge is 0.387 e. The Morgan fingerprint density at radius 3 is 2.60 bits per heavy atom. The number of aryl methyl sites for hydroxylation is 1. The standard InChI is InChI=1S/C15H14BrF2NO/c1-10-6-7-11(19-9-10)8-13(16)12-4-2-3-5-14(12)20-15(17)18/h2-7,9,13,15H,8H2,1H3. The van der Waals surface area contributed by atoms with Crippen LogP contribution in [0.1, 0.15) is 21.6 Å². The number of rotatable bonds is 5. The highest BCUT2D eigenvalue weighted by atomic mass is 79.9. The summed E-state index contributed by atoms with van der Waals surface area (Å²) in [6.07, 6.45) is 2.39. The molecule has 0 aliphatic carbocycles. The largest absolute Gasteiger partial charge is 0.435 e. The van der Waals surface area contributed by atoms with Gasteiger partial charge in [0.2, 0.25) is 0 Å². The monoisotopic (exact) mass is 341 g/mol. The van der Waals surface area contributed by atoms with E-state index in [0.29, 0.717) is 12.0 Å². The van der Waals surface area contributed by atoms with Gasteiger partial charge in [-0.2, -0.15) is 8.78 Å². The molecule has 0 radical (unpaired) electrons. The van der Waals surface area contributed by atoms with Crippen LogP contribution < -0.4 is 4.74 Å². The minimum Gasteiger partial charge on any atom is -0.435 e. The molecule has 0 N–H and O–H groups in total. The van der Waals surface area contributed by atoms with E-state index in [2.05, 4.69) is 25.7 Å². The van der Waals surface area contributed by atoms with Crippen molar-refractivity contribution in [2.75, 3.05) is 0 Å². The van der Waals surface area contributed by atoms with Crippen LogP contribution in [0.2, 0.25) is 0 Å². The van der Waals surface area contributed by atoms with E-state index in [9.17, 15) is 8.78 Å². The molecule has 0 saturated carbocycles. The Morgan fingerprint density at radius 2 is 1.95 bits per heavy atom. The number of aromatic nitrogens is 1. The molecule has 2 aromatic rings. The normalized spacial score (nSPS) is 12.4. The summed E-state index contributed by atoms with van der Waals surface area (Å²) in [5.41, 5.74) is 2.67. The molecule has 1 unspecified atom stereocenters. The van der Waals surface area contributed by atoms with Gasteiger partial charge in [-0.15, -0.1) is 0 Å². The van der Waals surface area contributed by atoms with Gasteiger partial charge in [-0.1, -0.05) is 40.2 Å². The number of nitrogens with zero attached hydrogens (tertiary/aromatic N) is 1. The molecule has 0 bridgehead atoms. The highest BCUT2D eigenvalue weighted by Crippen LogP contribution is 2.34. The number of pyridine rings is 1. The first-order valence-corrected chi connectivity index (χ1v) is 7.07. The maximum atomic E-state index is 12.4. The van der Waals surface area contributed by atoms with E-state index in [1.807, 2.05) is 19.1 Å². The van der Waals surface area contributed by atoms with Crippen LogP contribution >= 0.6 is 15.9 Å². The first kappa shape index (κ1) is 14.9. The fourth-order valence-electron chi connectivity index (χ4n) is 1.86. The number of hydrogen-bond donors (Lipinski definition) is 0. The zero-order valence-electron chi connectivity index (χ0n) is 10.9. The van der Waals surface area contributed by atoms with Crippen LogP contribution in [-0.4, -0.2) is 11.6 Å². The quantitative estimate of drug-likeness (QED) is 0.737. The lowest BCUT2D eigenvalue weighted by molar-refractivity contribution is -0.0504. The van der Waals surface area contributed by atoms with Crippen molar-refractivity contribution in [2.24, 2.45) is 0 Å². The Kier molecular flexibility index (Phi) is 5.06. The average Bonchev–Trinajstić information content (AvgIpc) is 2.41. The Balaban J connectivity index is 2.16. The fourth-order valence-corrected chi connectivity index (χ4v) is 2.57. The van der Waals surface area contributed by atoms with Gasteiger partial charge in [0.25, 0.3) is 0 Å². The predicted octanol–water partition coefficient (Wildman–Crippen LogP) is 4.67. The molecule has 106 valence electrons. The summed E-state index contributed by atoms with van der Waals surface area (Å²) in [7, 11) is 0. The minimum absolute atomic E-state index is 0.132. The molecule has 20 heavy (non-hydrogen) atoms. The Hall–Kier alpha value is -1.49. The number of halogens is 3. The topological polar surface area (TPSA) is 22.1 Å². The Morgan fingerprint density at radius 1 is 1.20 bits per heavy atom. The van der Waals surface area contributed by atoms with Crippen LogP contribution in [0.5, 0.6) is 5.75 Å². The van der Waals surface area contributed by atoms with E-state index >= 15 is 0 Å². The van der Waals surface area contributed by atoms with E-state index in [1.54, 1.807) is 30.5 Å². The number of ether oxygens (including phenoxy) is 1. The van der Waals surface area contributed by atoms with Crippen molar-refractivity contribution in [3.05, 3.63) is 59.4 Å². The predicted molar refractivity (Wildman–Crippen MR) is 77.4 cm³/mol. The molecule has 2 nitrogen and oxygen atoms in total. The van der Waals surface area contributed by atoms with Crippen LogP contribution in [0.25, 0.3) is 0 Å². The van der Waals surface area contributed by atoms with Gasteiger partial charge in [-0.25, -0.2) is 0 Å². The molecule has 0 saturated heterocycles. The zero-order chi connectivity index (χ0) is 14.5. The first-order valence-electron chi connectivity index (χ1n) is 6.15. The summed E-state index contributed by atoms with van der Waals surface area (Å²) in [6.45, 7) is -0.859. The molecule has 0 spiro atoms. The van der Waals surface area contributed by atoms with Crippen LogP contribution in [0.4, 0.5) is 8.78 Å². The van der Waals surface area contributed by atoms with Crippen molar-refractivity contribution < 1.29 is 13.5 Å².